The molecule has 1 aliphatic heterocycles. The monoisotopic (exact) mass is 404 g/mol. The molecule has 2 aromatic carbocycles. The third-order valence-corrected chi connectivity index (χ3v) is 5.29. The molecule has 2 N–H and O–H groups in total. The van der Waals surface area contributed by atoms with E-state index in [4.69, 9.17) is 16.3 Å². The molecule has 0 bridgehead atoms. The Labute approximate surface area is 167 Å². The second-order valence-electron chi connectivity index (χ2n) is 6.19. The molecule has 0 spiro atoms. The van der Waals surface area contributed by atoms with Gasteiger partial charge in [0.2, 0.25) is 11.8 Å². The first kappa shape index (κ1) is 19.6. The van der Waals surface area contributed by atoms with Gasteiger partial charge in [-0.1, -0.05) is 23.7 Å². The van der Waals surface area contributed by atoms with Crippen LogP contribution < -0.4 is 15.4 Å². The Morgan fingerprint density at radius 1 is 1.22 bits per heavy atom. The number of anilines is 1. The highest BCUT2D eigenvalue weighted by Crippen LogP contribution is 2.26. The van der Waals surface area contributed by atoms with Crippen LogP contribution in [0.15, 0.2) is 42.5 Å². The van der Waals surface area contributed by atoms with Crippen molar-refractivity contribution in [3.63, 3.8) is 0 Å². The highest BCUT2D eigenvalue weighted by Gasteiger charge is 2.14. The van der Waals surface area contributed by atoms with Crippen LogP contribution in [0.3, 0.4) is 0 Å². The topological polar surface area (TPSA) is 67.4 Å². The zero-order valence-corrected chi connectivity index (χ0v) is 16.4. The summed E-state index contributed by atoms with van der Waals surface area (Å²) >= 11 is 7.49. The van der Waals surface area contributed by atoms with Gasteiger partial charge in [0.25, 0.3) is 0 Å². The van der Waals surface area contributed by atoms with E-state index in [9.17, 15) is 9.59 Å². The summed E-state index contributed by atoms with van der Waals surface area (Å²) in [7, 11) is 0. The predicted molar refractivity (Wildman–Crippen MR) is 110 cm³/mol. The number of amides is 2. The van der Waals surface area contributed by atoms with Crippen molar-refractivity contribution in [1.82, 2.24) is 5.32 Å². The van der Waals surface area contributed by atoms with Gasteiger partial charge in [-0.2, -0.15) is 0 Å². The fraction of sp³-hybridized carbons (Fsp3) is 0.300. The van der Waals surface area contributed by atoms with Crippen LogP contribution in [0.2, 0.25) is 5.02 Å². The van der Waals surface area contributed by atoms with Gasteiger partial charge in [0, 0.05) is 22.9 Å². The number of nitrogens with one attached hydrogen (secondary N) is 2. The van der Waals surface area contributed by atoms with Gasteiger partial charge in [0.1, 0.15) is 12.4 Å². The van der Waals surface area contributed by atoms with E-state index in [1.54, 1.807) is 11.8 Å². The summed E-state index contributed by atoms with van der Waals surface area (Å²) < 4.78 is 5.69. The SMILES string of the molecule is O=C(CSCc1cccc(Cl)c1)NCCOc1ccc2c(c1)CCC(=O)N2. The van der Waals surface area contributed by atoms with Crippen molar-refractivity contribution in [2.75, 3.05) is 24.2 Å². The minimum Gasteiger partial charge on any atom is -0.492 e. The highest BCUT2D eigenvalue weighted by atomic mass is 35.5. The highest BCUT2D eigenvalue weighted by molar-refractivity contribution is 7.99. The summed E-state index contributed by atoms with van der Waals surface area (Å²) in [5.41, 5.74) is 3.03. The molecule has 1 aliphatic rings. The summed E-state index contributed by atoms with van der Waals surface area (Å²) in [5.74, 6) is 1.92. The maximum absolute atomic E-state index is 11.9. The predicted octanol–water partition coefficient (Wildman–Crippen LogP) is 3.65. The Hall–Kier alpha value is -2.18. The molecule has 0 saturated carbocycles. The van der Waals surface area contributed by atoms with Crippen molar-refractivity contribution in [3.05, 3.63) is 58.6 Å². The molecule has 0 fully saturated rings. The quantitative estimate of drug-likeness (QED) is 0.659. The third kappa shape index (κ3) is 6.19. The summed E-state index contributed by atoms with van der Waals surface area (Å²) in [6.07, 6.45) is 1.22. The minimum atomic E-state index is -0.0150. The number of carbonyl (C=O) groups is 2. The molecule has 7 heteroatoms. The van der Waals surface area contributed by atoms with Crippen molar-refractivity contribution in [2.24, 2.45) is 0 Å². The zero-order valence-electron chi connectivity index (χ0n) is 14.8. The van der Waals surface area contributed by atoms with Gasteiger partial charge in [0.05, 0.1) is 12.3 Å². The van der Waals surface area contributed by atoms with E-state index in [-0.39, 0.29) is 11.8 Å². The molecule has 0 radical (unpaired) electrons. The molecule has 3 rings (SSSR count). The minimum absolute atomic E-state index is 0.0150. The Bertz CT molecular complexity index is 829. The van der Waals surface area contributed by atoms with Crippen molar-refractivity contribution in [3.8, 4) is 5.75 Å². The standard InChI is InChI=1S/C20H21ClN2O3S/c21-16-3-1-2-14(10-16)12-27-13-20(25)22-8-9-26-17-5-6-18-15(11-17)4-7-19(24)23-18/h1-3,5-6,10-11H,4,7-9,12-13H2,(H,22,25)(H,23,24). The fourth-order valence-electron chi connectivity index (χ4n) is 2.75. The molecule has 0 aliphatic carbocycles. The van der Waals surface area contributed by atoms with Crippen LogP contribution in [-0.4, -0.2) is 30.7 Å². The van der Waals surface area contributed by atoms with E-state index in [2.05, 4.69) is 10.6 Å². The summed E-state index contributed by atoms with van der Waals surface area (Å²) in [6.45, 7) is 0.847. The number of hydrogen-bond acceptors (Lipinski definition) is 4. The van der Waals surface area contributed by atoms with E-state index < -0.39 is 0 Å². The van der Waals surface area contributed by atoms with Crippen LogP contribution in [0.5, 0.6) is 5.75 Å². The second kappa shape index (κ2) is 9.67. The van der Waals surface area contributed by atoms with Crippen LogP contribution in [-0.2, 0) is 21.8 Å². The molecule has 142 valence electrons. The fourth-order valence-corrected chi connectivity index (χ4v) is 3.77. The number of ether oxygens (including phenoxy) is 1. The largest absolute Gasteiger partial charge is 0.492 e. The lowest BCUT2D eigenvalue weighted by atomic mass is 10.0. The maximum Gasteiger partial charge on any atom is 0.230 e. The van der Waals surface area contributed by atoms with Crippen LogP contribution >= 0.6 is 23.4 Å². The Morgan fingerprint density at radius 3 is 2.96 bits per heavy atom. The first-order valence-electron chi connectivity index (χ1n) is 8.74. The average Bonchev–Trinajstić information content (AvgIpc) is 2.65. The van der Waals surface area contributed by atoms with Crippen LogP contribution in [0, 0.1) is 0 Å². The van der Waals surface area contributed by atoms with E-state index in [1.807, 2.05) is 42.5 Å². The van der Waals surface area contributed by atoms with Crippen molar-refractivity contribution < 1.29 is 14.3 Å². The number of benzene rings is 2. The number of hydrogen-bond donors (Lipinski definition) is 2. The molecule has 5 nitrogen and oxygen atoms in total. The molecule has 2 amide bonds. The normalized spacial score (nSPS) is 12.9. The first-order valence-corrected chi connectivity index (χ1v) is 10.3. The van der Waals surface area contributed by atoms with Gasteiger partial charge < -0.3 is 15.4 Å². The number of aryl methyl sites for hydroxylation is 1. The average molecular weight is 405 g/mol. The lowest BCUT2D eigenvalue weighted by Crippen LogP contribution is -2.29. The number of halogens is 1. The third-order valence-electron chi connectivity index (χ3n) is 4.06. The Morgan fingerprint density at radius 2 is 2.11 bits per heavy atom. The number of rotatable bonds is 8. The van der Waals surface area contributed by atoms with Gasteiger partial charge in [-0.15, -0.1) is 11.8 Å². The molecule has 0 aromatic heterocycles. The molecule has 0 atom stereocenters. The Kier molecular flexibility index (Phi) is 7.01. The molecule has 2 aromatic rings. The van der Waals surface area contributed by atoms with Gasteiger partial charge in [0.15, 0.2) is 0 Å². The van der Waals surface area contributed by atoms with Gasteiger partial charge in [-0.05, 0) is 47.9 Å². The smallest absolute Gasteiger partial charge is 0.230 e. The van der Waals surface area contributed by atoms with E-state index in [0.717, 1.165) is 34.7 Å². The summed E-state index contributed by atoms with van der Waals surface area (Å²) in [6, 6.07) is 13.3. The molecular formula is C20H21ClN2O3S. The molecule has 27 heavy (non-hydrogen) atoms. The first-order chi connectivity index (χ1) is 13.1. The summed E-state index contributed by atoms with van der Waals surface area (Å²) in [5, 5.41) is 6.40. The van der Waals surface area contributed by atoms with Gasteiger partial charge >= 0.3 is 0 Å². The zero-order chi connectivity index (χ0) is 19.1. The van der Waals surface area contributed by atoms with E-state index in [0.29, 0.717) is 30.3 Å². The molecule has 0 unspecified atom stereocenters. The Balaban J connectivity index is 1.33. The van der Waals surface area contributed by atoms with Crippen LogP contribution in [0.25, 0.3) is 0 Å². The molecule has 0 saturated heterocycles. The second-order valence-corrected chi connectivity index (χ2v) is 7.61. The maximum atomic E-state index is 11.9. The van der Waals surface area contributed by atoms with E-state index >= 15 is 0 Å². The van der Waals surface area contributed by atoms with Crippen molar-refractivity contribution >= 4 is 40.9 Å². The van der Waals surface area contributed by atoms with Crippen LogP contribution in [0.4, 0.5) is 5.69 Å². The van der Waals surface area contributed by atoms with Crippen molar-refractivity contribution in [1.29, 1.82) is 0 Å². The number of fused-ring (bicyclic) bond motifs is 1. The lowest BCUT2D eigenvalue weighted by molar-refractivity contribution is -0.118. The number of carbonyl (C=O) groups excluding carboxylic acids is 2. The molecular weight excluding hydrogens is 384 g/mol. The molecule has 1 heterocycles. The number of thioether (sulfide) groups is 1. The van der Waals surface area contributed by atoms with Gasteiger partial charge in [-0.3, -0.25) is 9.59 Å². The lowest BCUT2D eigenvalue weighted by Gasteiger charge is -2.17. The van der Waals surface area contributed by atoms with Crippen LogP contribution in [0.1, 0.15) is 17.5 Å². The van der Waals surface area contributed by atoms with E-state index in [1.165, 1.54) is 0 Å². The summed E-state index contributed by atoms with van der Waals surface area (Å²) in [4.78, 5) is 23.2. The van der Waals surface area contributed by atoms with Crippen molar-refractivity contribution in [2.45, 2.75) is 18.6 Å². The van der Waals surface area contributed by atoms with Gasteiger partial charge in [-0.25, -0.2) is 0 Å².